The van der Waals surface area contributed by atoms with Gasteiger partial charge in [-0.15, -0.1) is 0 Å². The zero-order valence-electron chi connectivity index (χ0n) is 11.5. The predicted molar refractivity (Wildman–Crippen MR) is 78.9 cm³/mol. The Kier molecular flexibility index (Phi) is 4.69. The fourth-order valence-electron chi connectivity index (χ4n) is 1.99. The summed E-state index contributed by atoms with van der Waals surface area (Å²) in [7, 11) is 1.52. The van der Waals surface area contributed by atoms with E-state index < -0.39 is 5.79 Å². The van der Waals surface area contributed by atoms with Gasteiger partial charge in [-0.3, -0.25) is 0 Å². The molecular formula is C17H18O3. The van der Waals surface area contributed by atoms with Gasteiger partial charge in [-0.05, 0) is 5.56 Å². The van der Waals surface area contributed by atoms with Crippen LogP contribution < -0.4 is 0 Å². The Hall–Kier alpha value is -1.94. The maximum Gasteiger partial charge on any atom is 0.221 e. The zero-order valence-corrected chi connectivity index (χ0v) is 11.5. The third-order valence-electron chi connectivity index (χ3n) is 3.09. The summed E-state index contributed by atoms with van der Waals surface area (Å²) in [6.07, 6.45) is 1.75. The van der Waals surface area contributed by atoms with Crippen LogP contribution in [-0.4, -0.2) is 19.0 Å². The van der Waals surface area contributed by atoms with Crippen LogP contribution in [0.2, 0.25) is 0 Å². The molecule has 1 unspecified atom stereocenters. The summed E-state index contributed by atoms with van der Waals surface area (Å²) in [6.45, 7) is 3.71. The maximum atomic E-state index is 10.9. The van der Waals surface area contributed by atoms with E-state index in [1.165, 1.54) is 7.11 Å². The lowest BCUT2D eigenvalue weighted by atomic mass is 9.96. The van der Waals surface area contributed by atoms with Crippen LogP contribution >= 0.6 is 0 Å². The molecule has 0 bridgehead atoms. The smallest absolute Gasteiger partial charge is 0.221 e. The standard InChI is InChI=1S/C17H18O3/c1-3-14-9-11-16(12-10-14)17(18,20-13-19-2)15-7-5-4-6-8-15/h3-12,18H,1,13H2,2H3. The van der Waals surface area contributed by atoms with Crippen molar-refractivity contribution in [1.82, 2.24) is 0 Å². The largest absolute Gasteiger partial charge is 0.358 e. The van der Waals surface area contributed by atoms with Gasteiger partial charge in [0.05, 0.1) is 0 Å². The monoisotopic (exact) mass is 270 g/mol. The van der Waals surface area contributed by atoms with Crippen molar-refractivity contribution in [3.8, 4) is 0 Å². The van der Waals surface area contributed by atoms with Crippen molar-refractivity contribution in [3.63, 3.8) is 0 Å². The van der Waals surface area contributed by atoms with Crippen LogP contribution in [-0.2, 0) is 15.3 Å². The molecule has 1 atom stereocenters. The number of methoxy groups -OCH3 is 1. The number of aliphatic hydroxyl groups is 1. The van der Waals surface area contributed by atoms with Crippen molar-refractivity contribution in [2.75, 3.05) is 13.9 Å². The van der Waals surface area contributed by atoms with Crippen LogP contribution in [0.25, 0.3) is 6.08 Å². The van der Waals surface area contributed by atoms with Gasteiger partial charge in [-0.1, -0.05) is 67.3 Å². The molecule has 3 nitrogen and oxygen atoms in total. The van der Waals surface area contributed by atoms with Gasteiger partial charge in [-0.25, -0.2) is 0 Å². The molecule has 0 aliphatic heterocycles. The van der Waals surface area contributed by atoms with E-state index >= 15 is 0 Å². The van der Waals surface area contributed by atoms with Crippen LogP contribution in [0.5, 0.6) is 0 Å². The molecule has 0 radical (unpaired) electrons. The third kappa shape index (κ3) is 2.96. The first-order valence-electron chi connectivity index (χ1n) is 6.34. The second-order valence-corrected chi connectivity index (χ2v) is 4.39. The Morgan fingerprint density at radius 1 is 1.05 bits per heavy atom. The SMILES string of the molecule is C=Cc1ccc(C(O)(OCOC)c2ccccc2)cc1. The zero-order chi connectivity index (χ0) is 14.4. The van der Waals surface area contributed by atoms with E-state index in [2.05, 4.69) is 6.58 Å². The highest BCUT2D eigenvalue weighted by Crippen LogP contribution is 2.31. The predicted octanol–water partition coefficient (Wildman–Crippen LogP) is 3.14. The lowest BCUT2D eigenvalue weighted by molar-refractivity contribution is -0.225. The molecule has 0 fully saturated rings. The van der Waals surface area contributed by atoms with Crippen molar-refractivity contribution in [3.05, 3.63) is 77.9 Å². The number of hydrogen-bond donors (Lipinski definition) is 1. The van der Waals surface area contributed by atoms with Crippen LogP contribution in [0, 0.1) is 0 Å². The van der Waals surface area contributed by atoms with Gasteiger partial charge in [0.25, 0.3) is 0 Å². The lowest BCUT2D eigenvalue weighted by Crippen LogP contribution is -2.31. The van der Waals surface area contributed by atoms with Gasteiger partial charge in [0.1, 0.15) is 0 Å². The molecule has 1 N–H and O–H groups in total. The molecule has 2 rings (SSSR count). The number of ether oxygens (including phenoxy) is 2. The summed E-state index contributed by atoms with van der Waals surface area (Å²) in [5.74, 6) is -1.53. The Morgan fingerprint density at radius 3 is 2.20 bits per heavy atom. The van der Waals surface area contributed by atoms with Crippen LogP contribution in [0.4, 0.5) is 0 Å². The highest BCUT2D eigenvalue weighted by molar-refractivity contribution is 5.48. The van der Waals surface area contributed by atoms with E-state index in [0.29, 0.717) is 11.1 Å². The summed E-state index contributed by atoms with van der Waals surface area (Å²) in [6, 6.07) is 16.6. The minimum Gasteiger partial charge on any atom is -0.358 e. The van der Waals surface area contributed by atoms with E-state index in [4.69, 9.17) is 9.47 Å². The van der Waals surface area contributed by atoms with Crippen molar-refractivity contribution < 1.29 is 14.6 Å². The highest BCUT2D eigenvalue weighted by atomic mass is 16.7. The van der Waals surface area contributed by atoms with Gasteiger partial charge in [-0.2, -0.15) is 0 Å². The molecule has 0 saturated heterocycles. The fourth-order valence-corrected chi connectivity index (χ4v) is 1.99. The van der Waals surface area contributed by atoms with Crippen molar-refractivity contribution in [2.45, 2.75) is 5.79 Å². The molecule has 0 spiro atoms. The second kappa shape index (κ2) is 6.48. The molecule has 2 aromatic rings. The summed E-state index contributed by atoms with van der Waals surface area (Å²) in [5.41, 5.74) is 2.28. The Bertz CT molecular complexity index is 548. The van der Waals surface area contributed by atoms with Gasteiger partial charge in [0.2, 0.25) is 5.79 Å². The molecule has 104 valence electrons. The first-order valence-corrected chi connectivity index (χ1v) is 6.34. The number of rotatable bonds is 6. The van der Waals surface area contributed by atoms with Gasteiger partial charge in [0.15, 0.2) is 6.79 Å². The van der Waals surface area contributed by atoms with Crippen molar-refractivity contribution in [2.24, 2.45) is 0 Å². The highest BCUT2D eigenvalue weighted by Gasteiger charge is 2.32. The Labute approximate surface area is 119 Å². The van der Waals surface area contributed by atoms with Crippen molar-refractivity contribution in [1.29, 1.82) is 0 Å². The molecule has 2 aromatic carbocycles. The topological polar surface area (TPSA) is 38.7 Å². The quantitative estimate of drug-likeness (QED) is 0.820. The molecule has 0 heterocycles. The first-order chi connectivity index (χ1) is 9.70. The van der Waals surface area contributed by atoms with E-state index in [0.717, 1.165) is 5.56 Å². The minimum atomic E-state index is -1.53. The summed E-state index contributed by atoms with van der Waals surface area (Å²) in [5, 5.41) is 10.9. The molecule has 0 aromatic heterocycles. The summed E-state index contributed by atoms with van der Waals surface area (Å²) in [4.78, 5) is 0. The molecule has 20 heavy (non-hydrogen) atoms. The summed E-state index contributed by atoms with van der Waals surface area (Å²) >= 11 is 0. The van der Waals surface area contributed by atoms with E-state index in [1.807, 2.05) is 54.6 Å². The van der Waals surface area contributed by atoms with Crippen LogP contribution in [0.3, 0.4) is 0 Å². The second-order valence-electron chi connectivity index (χ2n) is 4.39. The maximum absolute atomic E-state index is 10.9. The average Bonchev–Trinajstić information content (AvgIpc) is 2.53. The van der Waals surface area contributed by atoms with Gasteiger partial charge >= 0.3 is 0 Å². The fraction of sp³-hybridized carbons (Fsp3) is 0.176. The van der Waals surface area contributed by atoms with E-state index in [-0.39, 0.29) is 6.79 Å². The molecule has 3 heteroatoms. The minimum absolute atomic E-state index is 0.00535. The first kappa shape index (κ1) is 14.5. The van der Waals surface area contributed by atoms with Crippen molar-refractivity contribution >= 4 is 6.08 Å². The Balaban J connectivity index is 2.42. The molecule has 0 amide bonds. The molecular weight excluding hydrogens is 252 g/mol. The lowest BCUT2D eigenvalue weighted by Gasteiger charge is -2.29. The molecule has 0 saturated carbocycles. The average molecular weight is 270 g/mol. The summed E-state index contributed by atoms with van der Waals surface area (Å²) < 4.78 is 10.5. The van der Waals surface area contributed by atoms with Crippen LogP contribution in [0.15, 0.2) is 61.2 Å². The molecule has 0 aliphatic carbocycles. The van der Waals surface area contributed by atoms with Gasteiger partial charge < -0.3 is 14.6 Å². The van der Waals surface area contributed by atoms with Gasteiger partial charge in [0, 0.05) is 18.2 Å². The number of benzene rings is 2. The third-order valence-corrected chi connectivity index (χ3v) is 3.09. The number of hydrogen-bond acceptors (Lipinski definition) is 3. The normalized spacial score (nSPS) is 13.7. The Morgan fingerprint density at radius 2 is 1.65 bits per heavy atom. The van der Waals surface area contributed by atoms with E-state index in [9.17, 15) is 5.11 Å². The van der Waals surface area contributed by atoms with Crippen LogP contribution in [0.1, 0.15) is 16.7 Å². The molecule has 0 aliphatic rings. The van der Waals surface area contributed by atoms with E-state index in [1.54, 1.807) is 6.08 Å².